The number of rotatable bonds is 19. The smallest absolute Gasteiger partial charge is 0.123 e. The average Bonchev–Trinajstić information content (AvgIpc) is 2.85. The summed E-state index contributed by atoms with van der Waals surface area (Å²) in [7, 11) is 0. The van der Waals surface area contributed by atoms with E-state index in [1.54, 1.807) is 17.2 Å². The lowest BCUT2D eigenvalue weighted by Gasteiger charge is -2.30. The Bertz CT molecular complexity index is 867. The molecule has 0 aliphatic rings. The van der Waals surface area contributed by atoms with Gasteiger partial charge >= 0.3 is 0 Å². The molecule has 1 N–H and O–H groups in total. The Balaban J connectivity index is 2.34. The lowest BCUT2D eigenvalue weighted by molar-refractivity contribution is 0.107. The molecule has 0 saturated carbocycles. The first kappa shape index (κ1) is 30.3. The van der Waals surface area contributed by atoms with Crippen LogP contribution in [0.1, 0.15) is 134 Å². The zero-order chi connectivity index (χ0) is 26.2. The average molecular weight is 495 g/mol. The van der Waals surface area contributed by atoms with Crippen molar-refractivity contribution in [3.8, 4) is 11.5 Å². The van der Waals surface area contributed by atoms with E-state index in [1.165, 1.54) is 95.5 Å². The maximum atomic E-state index is 10.3. The van der Waals surface area contributed by atoms with E-state index in [2.05, 4.69) is 46.8 Å². The summed E-state index contributed by atoms with van der Waals surface area (Å²) < 4.78 is 6.80. The van der Waals surface area contributed by atoms with Crippen LogP contribution in [0.4, 0.5) is 0 Å². The fourth-order valence-electron chi connectivity index (χ4n) is 5.29. The van der Waals surface area contributed by atoms with Crippen molar-refractivity contribution >= 4 is 0 Å². The Morgan fingerprint density at radius 1 is 0.611 bits per heavy atom. The molecule has 2 aromatic rings. The van der Waals surface area contributed by atoms with Crippen LogP contribution in [0.3, 0.4) is 0 Å². The Kier molecular flexibility index (Phi) is 14.1. The van der Waals surface area contributed by atoms with Crippen LogP contribution in [-0.4, -0.2) is 10.7 Å². The van der Waals surface area contributed by atoms with E-state index in [1.807, 2.05) is 18.2 Å². The molecule has 0 amide bonds. The van der Waals surface area contributed by atoms with Crippen LogP contribution in [0, 0.1) is 0 Å². The first-order valence-electron chi connectivity index (χ1n) is 15.0. The quantitative estimate of drug-likeness (QED) is 0.197. The molecule has 2 rings (SSSR count). The third kappa shape index (κ3) is 10.6. The number of hydrogen-bond donors (Lipinski definition) is 1. The normalized spacial score (nSPS) is 11.7. The highest BCUT2D eigenvalue weighted by atomic mass is 16.5. The highest BCUT2D eigenvalue weighted by molar-refractivity contribution is 5.46. The second kappa shape index (κ2) is 16.7. The van der Waals surface area contributed by atoms with Gasteiger partial charge in [-0.2, -0.15) is 0 Å². The van der Waals surface area contributed by atoms with Crippen LogP contribution in [0.15, 0.2) is 36.4 Å². The first-order chi connectivity index (χ1) is 17.4. The van der Waals surface area contributed by atoms with Crippen LogP contribution in [0.2, 0.25) is 0 Å². The zero-order valence-electron chi connectivity index (χ0n) is 24.1. The number of unbranched alkanes of at least 4 members (excludes halogenated alkanes) is 9. The molecule has 2 heteroatoms. The number of phenols is 1. The van der Waals surface area contributed by atoms with Crippen molar-refractivity contribution in [2.24, 2.45) is 0 Å². The number of ether oxygens (including phenoxy) is 1. The summed E-state index contributed by atoms with van der Waals surface area (Å²) in [6.07, 6.45) is 19.6. The van der Waals surface area contributed by atoms with Gasteiger partial charge in [-0.15, -0.1) is 0 Å². The van der Waals surface area contributed by atoms with Crippen molar-refractivity contribution < 1.29 is 9.84 Å². The molecule has 0 aliphatic carbocycles. The van der Waals surface area contributed by atoms with Gasteiger partial charge in [-0.25, -0.2) is 0 Å². The minimum absolute atomic E-state index is 0.355. The van der Waals surface area contributed by atoms with E-state index < -0.39 is 5.60 Å². The Labute approximate surface area is 222 Å². The number of phenolic OH excluding ortho intramolecular Hbond substituents is 1. The van der Waals surface area contributed by atoms with Gasteiger partial charge in [0.25, 0.3) is 0 Å². The molecule has 0 radical (unpaired) electrons. The molecule has 2 nitrogen and oxygen atoms in total. The van der Waals surface area contributed by atoms with Gasteiger partial charge in [0.2, 0.25) is 0 Å². The van der Waals surface area contributed by atoms with Crippen molar-refractivity contribution in [1.29, 1.82) is 0 Å². The number of para-hydroxylation sites is 1. The van der Waals surface area contributed by atoms with Gasteiger partial charge in [0.1, 0.15) is 17.1 Å². The summed E-state index contributed by atoms with van der Waals surface area (Å²) in [5.41, 5.74) is 5.13. The molecule has 36 heavy (non-hydrogen) atoms. The van der Waals surface area contributed by atoms with Crippen LogP contribution >= 0.6 is 0 Å². The monoisotopic (exact) mass is 494 g/mol. The summed E-state index contributed by atoms with van der Waals surface area (Å²) in [5, 5.41) is 10.3. The predicted molar refractivity (Wildman–Crippen MR) is 156 cm³/mol. The maximum Gasteiger partial charge on any atom is 0.123 e. The van der Waals surface area contributed by atoms with Gasteiger partial charge in [0.05, 0.1) is 0 Å². The highest BCUT2D eigenvalue weighted by Crippen LogP contribution is 2.34. The largest absolute Gasteiger partial charge is 0.508 e. The van der Waals surface area contributed by atoms with E-state index in [0.717, 1.165) is 17.7 Å². The summed E-state index contributed by atoms with van der Waals surface area (Å²) >= 11 is 0. The van der Waals surface area contributed by atoms with Crippen molar-refractivity contribution in [1.82, 2.24) is 0 Å². The minimum Gasteiger partial charge on any atom is -0.508 e. The molecule has 0 aliphatic heterocycles. The lowest BCUT2D eigenvalue weighted by Crippen LogP contribution is -2.31. The fourth-order valence-corrected chi connectivity index (χ4v) is 5.29. The highest BCUT2D eigenvalue weighted by Gasteiger charge is 2.25. The number of aromatic hydroxyl groups is 1. The van der Waals surface area contributed by atoms with Crippen LogP contribution in [0.25, 0.3) is 0 Å². The summed E-state index contributed by atoms with van der Waals surface area (Å²) in [5.74, 6) is 1.42. The van der Waals surface area contributed by atoms with E-state index in [-0.39, 0.29) is 0 Å². The van der Waals surface area contributed by atoms with Gasteiger partial charge in [-0.3, -0.25) is 0 Å². The molecular weight excluding hydrogens is 440 g/mol. The van der Waals surface area contributed by atoms with Crippen molar-refractivity contribution in [2.75, 3.05) is 0 Å². The first-order valence-corrected chi connectivity index (χ1v) is 15.0. The molecule has 2 aromatic carbocycles. The maximum absolute atomic E-state index is 10.3. The van der Waals surface area contributed by atoms with Gasteiger partial charge in [0.15, 0.2) is 0 Å². The second-order valence-corrected chi connectivity index (χ2v) is 11.3. The van der Waals surface area contributed by atoms with Crippen molar-refractivity contribution in [2.45, 2.75) is 143 Å². The molecular formula is C34H54O2. The van der Waals surface area contributed by atoms with Gasteiger partial charge < -0.3 is 9.84 Å². The number of benzene rings is 2. The molecule has 202 valence electrons. The van der Waals surface area contributed by atoms with E-state index in [4.69, 9.17) is 4.74 Å². The van der Waals surface area contributed by atoms with Crippen molar-refractivity contribution in [3.05, 3.63) is 58.7 Å². The second-order valence-electron chi connectivity index (χ2n) is 11.3. The Morgan fingerprint density at radius 3 is 1.75 bits per heavy atom. The van der Waals surface area contributed by atoms with Gasteiger partial charge in [-0.1, -0.05) is 103 Å². The molecule has 0 spiro atoms. The molecule has 0 bridgehead atoms. The lowest BCUT2D eigenvalue weighted by atomic mass is 9.89. The molecule has 0 heterocycles. The van der Waals surface area contributed by atoms with E-state index in [0.29, 0.717) is 12.2 Å². The fraction of sp³-hybridized carbons (Fsp3) is 0.647. The number of aryl methyl sites for hydroxylation is 1. The van der Waals surface area contributed by atoms with E-state index >= 15 is 0 Å². The summed E-state index contributed by atoms with van der Waals surface area (Å²) in [4.78, 5) is 0. The third-order valence-electron chi connectivity index (χ3n) is 7.34. The van der Waals surface area contributed by atoms with Gasteiger partial charge in [-0.05, 0) is 86.8 Å². The molecule has 0 unspecified atom stereocenters. The minimum atomic E-state index is -0.404. The van der Waals surface area contributed by atoms with Gasteiger partial charge in [0, 0.05) is 6.42 Å². The third-order valence-corrected chi connectivity index (χ3v) is 7.34. The predicted octanol–water partition coefficient (Wildman–Crippen LogP) is 10.2. The molecule has 0 aromatic heterocycles. The molecule has 0 atom stereocenters. The topological polar surface area (TPSA) is 29.5 Å². The van der Waals surface area contributed by atoms with E-state index in [9.17, 15) is 5.11 Å². The molecule has 0 saturated heterocycles. The van der Waals surface area contributed by atoms with Crippen LogP contribution < -0.4 is 4.74 Å². The Morgan fingerprint density at radius 2 is 1.17 bits per heavy atom. The van der Waals surface area contributed by atoms with Crippen LogP contribution in [0.5, 0.6) is 11.5 Å². The Hall–Kier alpha value is -1.96. The zero-order valence-corrected chi connectivity index (χ0v) is 24.1. The van der Waals surface area contributed by atoms with Crippen molar-refractivity contribution in [3.63, 3.8) is 0 Å². The number of hydrogen-bond acceptors (Lipinski definition) is 2. The summed E-state index contributed by atoms with van der Waals surface area (Å²) in [6.45, 7) is 11.2. The standard InChI is InChI=1S/C34H54O2/c1-6-9-12-15-20-28-25-26-33(36-34(4,5)27-29-21-18-19-24-32(29)35)31(23-17-14-11-8-3)30(28)22-16-13-10-7-2/h18-19,21,24-26,35H,6-17,20,22-23,27H2,1-5H3. The summed E-state index contributed by atoms with van der Waals surface area (Å²) in [6, 6.07) is 12.3. The van der Waals surface area contributed by atoms with Crippen LogP contribution in [-0.2, 0) is 25.7 Å². The molecule has 0 fully saturated rings. The SMILES string of the molecule is CCCCCCc1ccc(OC(C)(C)Cc2ccccc2O)c(CCCCCC)c1CCCCCC.